The lowest BCUT2D eigenvalue weighted by atomic mass is 10.0. The SMILES string of the molecule is CCc1ccccc1-c1nc2ccccc2n1-c1ccccc1. The maximum Gasteiger partial charge on any atom is 0.145 e. The summed E-state index contributed by atoms with van der Waals surface area (Å²) in [5.41, 5.74) is 5.83. The van der Waals surface area contributed by atoms with Crippen LogP contribution in [0.3, 0.4) is 0 Å². The minimum absolute atomic E-state index is 0.994. The minimum Gasteiger partial charge on any atom is -0.292 e. The van der Waals surface area contributed by atoms with E-state index >= 15 is 0 Å². The monoisotopic (exact) mass is 298 g/mol. The fraction of sp³-hybridized carbons (Fsp3) is 0.0952. The van der Waals surface area contributed by atoms with Gasteiger partial charge in [-0.1, -0.05) is 61.5 Å². The van der Waals surface area contributed by atoms with E-state index in [1.54, 1.807) is 0 Å². The Morgan fingerprint density at radius 3 is 2.30 bits per heavy atom. The van der Waals surface area contributed by atoms with Gasteiger partial charge in [0.25, 0.3) is 0 Å². The van der Waals surface area contributed by atoms with Gasteiger partial charge in [-0.3, -0.25) is 4.57 Å². The topological polar surface area (TPSA) is 17.8 Å². The summed E-state index contributed by atoms with van der Waals surface area (Å²) in [7, 11) is 0. The van der Waals surface area contributed by atoms with Gasteiger partial charge in [0, 0.05) is 11.3 Å². The van der Waals surface area contributed by atoms with Crippen molar-refractivity contribution in [1.82, 2.24) is 9.55 Å². The van der Waals surface area contributed by atoms with E-state index < -0.39 is 0 Å². The average Bonchev–Trinajstić information content (AvgIpc) is 3.01. The van der Waals surface area contributed by atoms with E-state index in [0.717, 1.165) is 29.0 Å². The first-order chi connectivity index (χ1) is 11.4. The van der Waals surface area contributed by atoms with Crippen LogP contribution in [-0.4, -0.2) is 9.55 Å². The van der Waals surface area contributed by atoms with Crippen molar-refractivity contribution in [3.63, 3.8) is 0 Å². The second-order valence-electron chi connectivity index (χ2n) is 5.61. The van der Waals surface area contributed by atoms with Crippen molar-refractivity contribution < 1.29 is 0 Å². The second kappa shape index (κ2) is 5.73. The summed E-state index contributed by atoms with van der Waals surface area (Å²) in [6, 6.07) is 27.3. The summed E-state index contributed by atoms with van der Waals surface area (Å²) in [6.07, 6.45) is 0.994. The number of hydrogen-bond donors (Lipinski definition) is 0. The number of imidazole rings is 1. The highest BCUT2D eigenvalue weighted by atomic mass is 15.1. The number of nitrogens with zero attached hydrogens (tertiary/aromatic N) is 2. The zero-order chi connectivity index (χ0) is 15.6. The van der Waals surface area contributed by atoms with Gasteiger partial charge < -0.3 is 0 Å². The number of rotatable bonds is 3. The van der Waals surface area contributed by atoms with Crippen molar-refractivity contribution in [3.05, 3.63) is 84.4 Å². The molecule has 4 aromatic rings. The maximum absolute atomic E-state index is 4.93. The standard InChI is InChI=1S/C21H18N2/c1-2-16-10-6-7-13-18(16)21-22-19-14-8-9-15-20(19)23(21)17-11-4-3-5-12-17/h3-15H,2H2,1H3. The third-order valence-corrected chi connectivity index (χ3v) is 4.21. The largest absolute Gasteiger partial charge is 0.292 e. The fourth-order valence-corrected chi connectivity index (χ4v) is 3.09. The summed E-state index contributed by atoms with van der Waals surface area (Å²) < 4.78 is 2.25. The summed E-state index contributed by atoms with van der Waals surface area (Å²) in [5, 5.41) is 0. The number of para-hydroxylation sites is 3. The molecule has 3 aromatic carbocycles. The molecule has 0 saturated heterocycles. The van der Waals surface area contributed by atoms with Crippen LogP contribution in [-0.2, 0) is 6.42 Å². The highest BCUT2D eigenvalue weighted by Gasteiger charge is 2.15. The molecule has 0 aliphatic heterocycles. The second-order valence-corrected chi connectivity index (χ2v) is 5.61. The molecule has 0 unspecified atom stereocenters. The Morgan fingerprint density at radius 1 is 0.783 bits per heavy atom. The molecule has 1 aromatic heterocycles. The van der Waals surface area contributed by atoms with Crippen LogP contribution in [0.25, 0.3) is 28.1 Å². The average molecular weight is 298 g/mol. The highest BCUT2D eigenvalue weighted by molar-refractivity contribution is 5.83. The van der Waals surface area contributed by atoms with Crippen molar-refractivity contribution in [1.29, 1.82) is 0 Å². The van der Waals surface area contributed by atoms with Gasteiger partial charge in [-0.25, -0.2) is 4.98 Å². The molecule has 0 spiro atoms. The van der Waals surface area contributed by atoms with Gasteiger partial charge in [-0.2, -0.15) is 0 Å². The lowest BCUT2D eigenvalue weighted by molar-refractivity contribution is 1.07. The number of hydrogen-bond acceptors (Lipinski definition) is 1. The summed E-state index contributed by atoms with van der Waals surface area (Å²) in [6.45, 7) is 2.19. The molecule has 0 N–H and O–H groups in total. The van der Waals surface area contributed by atoms with E-state index in [1.165, 1.54) is 11.1 Å². The van der Waals surface area contributed by atoms with Crippen molar-refractivity contribution >= 4 is 11.0 Å². The first kappa shape index (κ1) is 13.8. The lowest BCUT2D eigenvalue weighted by Crippen LogP contribution is -1.99. The fourth-order valence-electron chi connectivity index (χ4n) is 3.09. The van der Waals surface area contributed by atoms with Crippen molar-refractivity contribution in [2.24, 2.45) is 0 Å². The van der Waals surface area contributed by atoms with E-state index in [-0.39, 0.29) is 0 Å². The Labute approximate surface area is 136 Å². The normalized spacial score (nSPS) is 11.0. The molecular formula is C21H18N2. The van der Waals surface area contributed by atoms with Crippen LogP contribution < -0.4 is 0 Å². The molecule has 112 valence electrons. The molecule has 0 aliphatic rings. The molecule has 1 heterocycles. The van der Waals surface area contributed by atoms with Crippen LogP contribution in [0.2, 0.25) is 0 Å². The smallest absolute Gasteiger partial charge is 0.145 e. The molecular weight excluding hydrogens is 280 g/mol. The molecule has 2 heteroatoms. The molecule has 23 heavy (non-hydrogen) atoms. The van der Waals surface area contributed by atoms with Crippen LogP contribution in [0.4, 0.5) is 0 Å². The zero-order valence-corrected chi connectivity index (χ0v) is 13.1. The first-order valence-electron chi connectivity index (χ1n) is 7.99. The van der Waals surface area contributed by atoms with Crippen LogP contribution in [0.15, 0.2) is 78.9 Å². The summed E-state index contributed by atoms with van der Waals surface area (Å²) in [5.74, 6) is 1.01. The third-order valence-electron chi connectivity index (χ3n) is 4.21. The predicted molar refractivity (Wildman–Crippen MR) is 95.9 cm³/mol. The zero-order valence-electron chi connectivity index (χ0n) is 13.1. The van der Waals surface area contributed by atoms with E-state index in [0.29, 0.717) is 0 Å². The minimum atomic E-state index is 0.994. The molecule has 0 amide bonds. The van der Waals surface area contributed by atoms with Crippen LogP contribution in [0.5, 0.6) is 0 Å². The van der Waals surface area contributed by atoms with Crippen molar-refractivity contribution in [2.75, 3.05) is 0 Å². The lowest BCUT2D eigenvalue weighted by Gasteiger charge is -2.12. The van der Waals surface area contributed by atoms with E-state index in [2.05, 4.69) is 78.2 Å². The van der Waals surface area contributed by atoms with Crippen LogP contribution >= 0.6 is 0 Å². The molecule has 0 saturated carbocycles. The van der Waals surface area contributed by atoms with Gasteiger partial charge in [0.1, 0.15) is 5.82 Å². The van der Waals surface area contributed by atoms with E-state index in [9.17, 15) is 0 Å². The van der Waals surface area contributed by atoms with Gasteiger partial charge >= 0.3 is 0 Å². The van der Waals surface area contributed by atoms with E-state index in [4.69, 9.17) is 4.98 Å². The Balaban J connectivity index is 2.07. The van der Waals surface area contributed by atoms with Gasteiger partial charge in [-0.05, 0) is 36.2 Å². The predicted octanol–water partition coefficient (Wildman–Crippen LogP) is 5.25. The third kappa shape index (κ3) is 2.33. The quantitative estimate of drug-likeness (QED) is 0.505. The van der Waals surface area contributed by atoms with Crippen LogP contribution in [0, 0.1) is 0 Å². The summed E-state index contributed by atoms with van der Waals surface area (Å²) in [4.78, 5) is 4.93. The number of aryl methyl sites for hydroxylation is 1. The van der Waals surface area contributed by atoms with Crippen LogP contribution in [0.1, 0.15) is 12.5 Å². The molecule has 4 rings (SSSR count). The number of benzene rings is 3. The molecule has 0 radical (unpaired) electrons. The summed E-state index contributed by atoms with van der Waals surface area (Å²) >= 11 is 0. The molecule has 0 fully saturated rings. The van der Waals surface area contributed by atoms with Gasteiger partial charge in [0.15, 0.2) is 0 Å². The van der Waals surface area contributed by atoms with Gasteiger partial charge in [0.2, 0.25) is 0 Å². The Kier molecular flexibility index (Phi) is 3.43. The molecule has 0 bridgehead atoms. The van der Waals surface area contributed by atoms with Crippen molar-refractivity contribution in [3.8, 4) is 17.1 Å². The van der Waals surface area contributed by atoms with Gasteiger partial charge in [-0.15, -0.1) is 0 Å². The number of fused-ring (bicyclic) bond motifs is 1. The number of aromatic nitrogens is 2. The molecule has 0 aliphatic carbocycles. The first-order valence-corrected chi connectivity index (χ1v) is 7.99. The Hall–Kier alpha value is -2.87. The van der Waals surface area contributed by atoms with Crippen molar-refractivity contribution in [2.45, 2.75) is 13.3 Å². The van der Waals surface area contributed by atoms with E-state index in [1.807, 2.05) is 12.1 Å². The molecule has 0 atom stereocenters. The Morgan fingerprint density at radius 2 is 1.48 bits per heavy atom. The maximum atomic E-state index is 4.93. The van der Waals surface area contributed by atoms with Gasteiger partial charge in [0.05, 0.1) is 11.0 Å². The Bertz CT molecular complexity index is 952. The molecule has 2 nitrogen and oxygen atoms in total. The highest BCUT2D eigenvalue weighted by Crippen LogP contribution is 2.30.